The highest BCUT2D eigenvalue weighted by molar-refractivity contribution is 5.88. The number of ether oxygens (including phenoxy) is 1. The van der Waals surface area contributed by atoms with Crippen LogP contribution in [-0.4, -0.2) is 17.7 Å². The fourth-order valence-electron chi connectivity index (χ4n) is 1.70. The molecule has 0 aliphatic heterocycles. The van der Waals surface area contributed by atoms with Crippen LogP contribution in [0, 0.1) is 23.7 Å². The van der Waals surface area contributed by atoms with Gasteiger partial charge in [0.25, 0.3) is 0 Å². The smallest absolute Gasteiger partial charge is 0.335 e. The Morgan fingerprint density at radius 1 is 1.47 bits per heavy atom. The lowest BCUT2D eigenvalue weighted by molar-refractivity contribution is 0.0696. The summed E-state index contributed by atoms with van der Waals surface area (Å²) in [5, 5.41) is 17.8. The van der Waals surface area contributed by atoms with E-state index in [4.69, 9.17) is 15.1 Å². The van der Waals surface area contributed by atoms with Gasteiger partial charge in [-0.1, -0.05) is 0 Å². The SMILES string of the molecule is Cc1cc(C(=O)O)ccc1OCCCC(C)(C)C#N. The van der Waals surface area contributed by atoms with Gasteiger partial charge in [-0.15, -0.1) is 0 Å². The molecule has 0 bridgehead atoms. The Labute approximate surface area is 113 Å². The summed E-state index contributed by atoms with van der Waals surface area (Å²) in [5.74, 6) is -0.245. The molecule has 0 aliphatic rings. The molecule has 4 nitrogen and oxygen atoms in total. The van der Waals surface area contributed by atoms with Gasteiger partial charge in [0.15, 0.2) is 0 Å². The zero-order valence-electron chi connectivity index (χ0n) is 11.6. The van der Waals surface area contributed by atoms with Crippen LogP contribution in [0.5, 0.6) is 5.75 Å². The first kappa shape index (κ1) is 15.0. The molecule has 1 aromatic rings. The Morgan fingerprint density at radius 3 is 2.68 bits per heavy atom. The van der Waals surface area contributed by atoms with Gasteiger partial charge in [0.2, 0.25) is 0 Å². The number of benzene rings is 1. The average molecular weight is 261 g/mol. The molecule has 0 aromatic heterocycles. The van der Waals surface area contributed by atoms with Crippen LogP contribution in [0.25, 0.3) is 0 Å². The lowest BCUT2D eigenvalue weighted by Crippen LogP contribution is -2.10. The van der Waals surface area contributed by atoms with Gasteiger partial charge in [0.1, 0.15) is 5.75 Å². The van der Waals surface area contributed by atoms with Crippen LogP contribution in [0.2, 0.25) is 0 Å². The van der Waals surface area contributed by atoms with E-state index in [9.17, 15) is 4.79 Å². The normalized spacial score (nSPS) is 10.8. The third-order valence-corrected chi connectivity index (χ3v) is 2.93. The maximum absolute atomic E-state index is 10.8. The lowest BCUT2D eigenvalue weighted by Gasteiger charge is -2.15. The van der Waals surface area contributed by atoms with Crippen LogP contribution in [0.1, 0.15) is 42.6 Å². The third kappa shape index (κ3) is 4.63. The molecule has 0 radical (unpaired) electrons. The molecular weight excluding hydrogens is 242 g/mol. The summed E-state index contributed by atoms with van der Waals surface area (Å²) in [6.07, 6.45) is 1.57. The maximum Gasteiger partial charge on any atom is 0.335 e. The Hall–Kier alpha value is -2.02. The average Bonchev–Trinajstić information content (AvgIpc) is 2.36. The third-order valence-electron chi connectivity index (χ3n) is 2.93. The van der Waals surface area contributed by atoms with Crippen molar-refractivity contribution in [3.63, 3.8) is 0 Å². The topological polar surface area (TPSA) is 70.3 Å². The molecule has 1 N–H and O–H groups in total. The van der Waals surface area contributed by atoms with Crippen LogP contribution < -0.4 is 4.74 Å². The minimum Gasteiger partial charge on any atom is -0.493 e. The molecule has 0 unspecified atom stereocenters. The fourth-order valence-corrected chi connectivity index (χ4v) is 1.70. The Bertz CT molecular complexity index is 501. The van der Waals surface area contributed by atoms with Crippen LogP contribution >= 0.6 is 0 Å². The number of aryl methyl sites for hydroxylation is 1. The lowest BCUT2D eigenvalue weighted by atomic mass is 9.90. The molecule has 0 heterocycles. The number of hydrogen-bond donors (Lipinski definition) is 1. The van der Waals surface area contributed by atoms with Crippen molar-refractivity contribution >= 4 is 5.97 Å². The second kappa shape index (κ2) is 6.24. The van der Waals surface area contributed by atoms with Crippen LogP contribution in [0.15, 0.2) is 18.2 Å². The van der Waals surface area contributed by atoms with Crippen molar-refractivity contribution in [3.8, 4) is 11.8 Å². The van der Waals surface area contributed by atoms with Crippen molar-refractivity contribution in [1.82, 2.24) is 0 Å². The summed E-state index contributed by atoms with van der Waals surface area (Å²) < 4.78 is 5.61. The number of hydrogen-bond acceptors (Lipinski definition) is 3. The van der Waals surface area contributed by atoms with Crippen molar-refractivity contribution < 1.29 is 14.6 Å². The summed E-state index contributed by atoms with van der Waals surface area (Å²) in [4.78, 5) is 10.8. The van der Waals surface area contributed by atoms with E-state index in [1.54, 1.807) is 12.1 Å². The van der Waals surface area contributed by atoms with Gasteiger partial charge in [-0.05, 0) is 57.4 Å². The second-order valence-electron chi connectivity index (χ2n) is 5.23. The number of carbonyl (C=O) groups is 1. The van der Waals surface area contributed by atoms with Gasteiger partial charge in [-0.3, -0.25) is 0 Å². The molecule has 0 saturated carbocycles. The molecule has 19 heavy (non-hydrogen) atoms. The predicted octanol–water partition coefficient (Wildman–Crippen LogP) is 3.40. The number of rotatable bonds is 6. The van der Waals surface area contributed by atoms with Gasteiger partial charge in [0.05, 0.1) is 23.7 Å². The van der Waals surface area contributed by atoms with Crippen LogP contribution in [0.4, 0.5) is 0 Å². The van der Waals surface area contributed by atoms with E-state index in [0.29, 0.717) is 12.4 Å². The molecule has 0 spiro atoms. The van der Waals surface area contributed by atoms with Gasteiger partial charge < -0.3 is 9.84 Å². The second-order valence-corrected chi connectivity index (χ2v) is 5.23. The van der Waals surface area contributed by atoms with E-state index >= 15 is 0 Å². The molecule has 102 valence electrons. The number of aromatic carboxylic acids is 1. The first-order chi connectivity index (χ1) is 8.85. The van der Waals surface area contributed by atoms with Crippen molar-refractivity contribution in [2.75, 3.05) is 6.61 Å². The predicted molar refractivity (Wildman–Crippen MR) is 72.3 cm³/mol. The maximum atomic E-state index is 10.8. The minimum atomic E-state index is -0.939. The van der Waals surface area contributed by atoms with E-state index in [1.807, 2.05) is 20.8 Å². The number of nitrogens with zero attached hydrogens (tertiary/aromatic N) is 1. The number of carboxylic acids is 1. The Morgan fingerprint density at radius 2 is 2.16 bits per heavy atom. The number of nitriles is 1. The quantitative estimate of drug-likeness (QED) is 0.797. The molecule has 4 heteroatoms. The molecular formula is C15H19NO3. The minimum absolute atomic E-state index is 0.260. The van der Waals surface area contributed by atoms with E-state index in [2.05, 4.69) is 6.07 Å². The zero-order valence-corrected chi connectivity index (χ0v) is 11.6. The number of carboxylic acid groups (broad SMARTS) is 1. The highest BCUT2D eigenvalue weighted by atomic mass is 16.5. The molecule has 1 aromatic carbocycles. The van der Waals surface area contributed by atoms with Gasteiger partial charge in [0, 0.05) is 0 Å². The summed E-state index contributed by atoms with van der Waals surface area (Å²) in [6.45, 7) is 6.15. The Balaban J connectivity index is 2.51. The summed E-state index contributed by atoms with van der Waals surface area (Å²) in [6, 6.07) is 7.05. The first-order valence-corrected chi connectivity index (χ1v) is 6.24. The molecule has 0 amide bonds. The monoisotopic (exact) mass is 261 g/mol. The van der Waals surface area contributed by atoms with Crippen molar-refractivity contribution in [3.05, 3.63) is 29.3 Å². The summed E-state index contributed by atoms with van der Waals surface area (Å²) in [5.41, 5.74) is 0.737. The van der Waals surface area contributed by atoms with Crippen molar-refractivity contribution in [2.45, 2.75) is 33.6 Å². The first-order valence-electron chi connectivity index (χ1n) is 6.24. The van der Waals surface area contributed by atoms with Gasteiger partial charge in [-0.25, -0.2) is 4.79 Å². The fraction of sp³-hybridized carbons (Fsp3) is 0.467. The largest absolute Gasteiger partial charge is 0.493 e. The van der Waals surface area contributed by atoms with Crippen LogP contribution in [0.3, 0.4) is 0 Å². The molecule has 0 saturated heterocycles. The van der Waals surface area contributed by atoms with Crippen LogP contribution in [-0.2, 0) is 0 Å². The van der Waals surface area contributed by atoms with Gasteiger partial charge in [-0.2, -0.15) is 5.26 Å². The molecule has 0 atom stereocenters. The summed E-state index contributed by atoms with van der Waals surface area (Å²) >= 11 is 0. The van der Waals surface area contributed by atoms with E-state index < -0.39 is 5.97 Å². The van der Waals surface area contributed by atoms with Crippen molar-refractivity contribution in [2.24, 2.45) is 5.41 Å². The highest BCUT2D eigenvalue weighted by Crippen LogP contribution is 2.22. The van der Waals surface area contributed by atoms with E-state index in [0.717, 1.165) is 18.4 Å². The van der Waals surface area contributed by atoms with E-state index in [-0.39, 0.29) is 11.0 Å². The Kier molecular flexibility index (Phi) is 4.94. The van der Waals surface area contributed by atoms with E-state index in [1.165, 1.54) is 6.07 Å². The van der Waals surface area contributed by atoms with Crippen molar-refractivity contribution in [1.29, 1.82) is 5.26 Å². The molecule has 1 rings (SSSR count). The summed E-state index contributed by atoms with van der Waals surface area (Å²) in [7, 11) is 0. The van der Waals surface area contributed by atoms with Gasteiger partial charge >= 0.3 is 5.97 Å². The standard InChI is InChI=1S/C15H19NO3/c1-11-9-12(14(17)18)5-6-13(11)19-8-4-7-15(2,3)10-16/h5-6,9H,4,7-8H2,1-3H3,(H,17,18). The zero-order chi connectivity index (χ0) is 14.5. The molecule has 0 fully saturated rings. The highest BCUT2D eigenvalue weighted by Gasteiger charge is 2.15. The molecule has 0 aliphatic carbocycles.